The lowest BCUT2D eigenvalue weighted by Crippen LogP contribution is -2.34. The van der Waals surface area contributed by atoms with Crippen molar-refractivity contribution in [2.75, 3.05) is 18.1 Å². The van der Waals surface area contributed by atoms with Gasteiger partial charge in [-0.3, -0.25) is 0 Å². The van der Waals surface area contributed by atoms with Crippen LogP contribution >= 0.6 is 11.8 Å². The van der Waals surface area contributed by atoms with Crippen LogP contribution in [0.3, 0.4) is 0 Å². The van der Waals surface area contributed by atoms with E-state index in [1.165, 1.54) is 56.5 Å². The first kappa shape index (κ1) is 14.3. The van der Waals surface area contributed by atoms with Crippen molar-refractivity contribution in [3.63, 3.8) is 0 Å². The van der Waals surface area contributed by atoms with Crippen molar-refractivity contribution < 1.29 is 4.74 Å². The van der Waals surface area contributed by atoms with Crippen molar-refractivity contribution >= 4 is 27.3 Å². The lowest BCUT2D eigenvalue weighted by Gasteiger charge is -2.36. The van der Waals surface area contributed by atoms with Crippen molar-refractivity contribution in [1.82, 2.24) is 0 Å². The molecular formula is C16H27OS2+. The van der Waals surface area contributed by atoms with E-state index in [0.29, 0.717) is 6.10 Å². The first-order chi connectivity index (χ1) is 9.33. The summed E-state index contributed by atoms with van der Waals surface area (Å²) in [6.45, 7) is 3.33. The van der Waals surface area contributed by atoms with Gasteiger partial charge < -0.3 is 4.74 Å². The molecule has 0 radical (unpaired) electrons. The zero-order valence-electron chi connectivity index (χ0n) is 12.1. The molecule has 1 aliphatic carbocycles. The summed E-state index contributed by atoms with van der Waals surface area (Å²) in [5, 5.41) is 0. The summed E-state index contributed by atoms with van der Waals surface area (Å²) >= 11 is 4.31. The molecule has 1 saturated heterocycles. The zero-order chi connectivity index (χ0) is 13.1. The standard InChI is InChI=1S/C16H27OS2/c1-12-3-8-15(17-11-12)13-4-6-14(7-5-13)16-18-9-2-10-19-16/h12-15H,2-11H2,1H3/q+1. The van der Waals surface area contributed by atoms with E-state index in [2.05, 4.69) is 30.0 Å². The fraction of sp³-hybridized carbons (Fsp3) is 0.938. The summed E-state index contributed by atoms with van der Waals surface area (Å²) in [5.74, 6) is 5.30. The molecule has 3 heteroatoms. The molecule has 2 atom stereocenters. The summed E-state index contributed by atoms with van der Waals surface area (Å²) in [6.07, 6.45) is 10.4. The smallest absolute Gasteiger partial charge is 0.237 e. The molecule has 19 heavy (non-hydrogen) atoms. The highest BCUT2D eigenvalue weighted by atomic mass is 32.2. The molecule has 2 fully saturated rings. The largest absolute Gasteiger partial charge is 0.378 e. The van der Waals surface area contributed by atoms with E-state index >= 15 is 0 Å². The molecule has 2 aliphatic heterocycles. The highest BCUT2D eigenvalue weighted by Crippen LogP contribution is 2.38. The quantitative estimate of drug-likeness (QED) is 0.564. The van der Waals surface area contributed by atoms with Crippen LogP contribution in [0.2, 0.25) is 0 Å². The van der Waals surface area contributed by atoms with Crippen LogP contribution in [0.1, 0.15) is 51.9 Å². The van der Waals surface area contributed by atoms with Crippen molar-refractivity contribution in [3.8, 4) is 0 Å². The maximum atomic E-state index is 6.09. The molecule has 1 saturated carbocycles. The highest BCUT2D eigenvalue weighted by molar-refractivity contribution is 8.23. The summed E-state index contributed by atoms with van der Waals surface area (Å²) in [7, 11) is 0. The minimum Gasteiger partial charge on any atom is -0.378 e. The third kappa shape index (κ3) is 3.74. The highest BCUT2D eigenvalue weighted by Gasteiger charge is 2.35. The van der Waals surface area contributed by atoms with Crippen LogP contribution in [-0.2, 0) is 16.1 Å². The van der Waals surface area contributed by atoms with Gasteiger partial charge in [-0.1, -0.05) is 18.7 Å². The van der Waals surface area contributed by atoms with Gasteiger partial charge in [0.15, 0.2) is 17.1 Å². The monoisotopic (exact) mass is 299 g/mol. The second-order valence-corrected chi connectivity index (χ2v) is 9.07. The fourth-order valence-electron chi connectivity index (χ4n) is 3.68. The minimum absolute atomic E-state index is 0.591. The normalized spacial score (nSPS) is 40.8. The molecule has 3 rings (SSSR count). The number of thioether (sulfide) groups is 1. The Labute approximate surface area is 126 Å². The first-order valence-corrected chi connectivity index (χ1v) is 10.0. The van der Waals surface area contributed by atoms with Crippen molar-refractivity contribution in [3.05, 3.63) is 0 Å². The Morgan fingerprint density at radius 1 is 1.11 bits per heavy atom. The predicted molar refractivity (Wildman–Crippen MR) is 87.9 cm³/mol. The number of ether oxygens (including phenoxy) is 1. The Morgan fingerprint density at radius 3 is 2.58 bits per heavy atom. The lowest BCUT2D eigenvalue weighted by molar-refractivity contribution is -0.0526. The molecule has 2 heterocycles. The molecule has 2 unspecified atom stereocenters. The molecule has 0 aromatic carbocycles. The third-order valence-corrected chi connectivity index (χ3v) is 7.88. The molecule has 3 aliphatic rings. The fourth-order valence-corrected chi connectivity index (χ4v) is 6.62. The Balaban J connectivity index is 1.48. The van der Waals surface area contributed by atoms with Crippen LogP contribution in [0.5, 0.6) is 0 Å². The Hall–Kier alpha value is 0.400. The molecule has 0 bridgehead atoms. The van der Waals surface area contributed by atoms with E-state index < -0.39 is 0 Å². The zero-order valence-corrected chi connectivity index (χ0v) is 13.7. The van der Waals surface area contributed by atoms with Gasteiger partial charge in [0.2, 0.25) is 4.20 Å². The van der Waals surface area contributed by atoms with Crippen molar-refractivity contribution in [1.29, 1.82) is 0 Å². The van der Waals surface area contributed by atoms with Crippen LogP contribution < -0.4 is 0 Å². The Bertz CT molecular complexity index is 313. The summed E-state index contributed by atoms with van der Waals surface area (Å²) in [4.78, 5) is 0. The van der Waals surface area contributed by atoms with Crippen LogP contribution in [0.15, 0.2) is 0 Å². The summed E-state index contributed by atoms with van der Waals surface area (Å²) in [6, 6.07) is 0. The average Bonchev–Trinajstić information content (AvgIpc) is 2.49. The third-order valence-electron chi connectivity index (χ3n) is 4.95. The maximum absolute atomic E-state index is 6.09. The SMILES string of the molecule is CC1CCC(C2CCC(C3=[S+]CCCS3)CC2)OC1. The molecule has 0 spiro atoms. The van der Waals surface area contributed by atoms with E-state index in [1.54, 1.807) is 4.20 Å². The average molecular weight is 300 g/mol. The minimum atomic E-state index is 0.591. The van der Waals surface area contributed by atoms with E-state index in [0.717, 1.165) is 24.4 Å². The first-order valence-electron chi connectivity index (χ1n) is 8.07. The van der Waals surface area contributed by atoms with Gasteiger partial charge in [-0.15, -0.1) is 0 Å². The van der Waals surface area contributed by atoms with Crippen molar-refractivity contribution in [2.24, 2.45) is 17.8 Å². The van der Waals surface area contributed by atoms with Crippen LogP contribution in [0, 0.1) is 17.8 Å². The second kappa shape index (κ2) is 6.91. The summed E-state index contributed by atoms with van der Waals surface area (Å²) < 4.78 is 7.86. The summed E-state index contributed by atoms with van der Waals surface area (Å²) in [5.41, 5.74) is 0. The Kier molecular flexibility index (Phi) is 5.21. The van der Waals surface area contributed by atoms with Gasteiger partial charge in [0.1, 0.15) is 0 Å². The second-order valence-electron chi connectivity index (χ2n) is 6.54. The van der Waals surface area contributed by atoms with E-state index in [4.69, 9.17) is 4.74 Å². The van der Waals surface area contributed by atoms with Crippen LogP contribution in [0.4, 0.5) is 0 Å². The lowest BCUT2D eigenvalue weighted by atomic mass is 9.78. The predicted octanol–water partition coefficient (Wildman–Crippen LogP) is 3.96. The van der Waals surface area contributed by atoms with Gasteiger partial charge in [0.05, 0.1) is 6.10 Å². The molecule has 0 N–H and O–H groups in total. The Morgan fingerprint density at radius 2 is 1.95 bits per heavy atom. The maximum Gasteiger partial charge on any atom is 0.237 e. The molecular weight excluding hydrogens is 272 g/mol. The van der Waals surface area contributed by atoms with E-state index in [9.17, 15) is 0 Å². The molecule has 1 nitrogen and oxygen atoms in total. The van der Waals surface area contributed by atoms with Gasteiger partial charge in [-0.2, -0.15) is 0 Å². The molecule has 0 amide bonds. The number of rotatable bonds is 2. The molecule has 0 aromatic heterocycles. The van der Waals surface area contributed by atoms with Crippen molar-refractivity contribution in [2.45, 2.75) is 58.0 Å². The van der Waals surface area contributed by atoms with Gasteiger partial charge in [0, 0.05) is 24.7 Å². The van der Waals surface area contributed by atoms with E-state index in [1.807, 2.05) is 0 Å². The molecule has 108 valence electrons. The van der Waals surface area contributed by atoms with Crippen LogP contribution in [0.25, 0.3) is 0 Å². The van der Waals surface area contributed by atoms with Gasteiger partial charge in [-0.05, 0) is 50.4 Å². The van der Waals surface area contributed by atoms with Gasteiger partial charge >= 0.3 is 0 Å². The molecule has 0 aromatic rings. The van der Waals surface area contributed by atoms with Crippen LogP contribution in [-0.4, -0.2) is 28.4 Å². The van der Waals surface area contributed by atoms with E-state index in [-0.39, 0.29) is 0 Å². The van der Waals surface area contributed by atoms with Gasteiger partial charge in [-0.25, -0.2) is 0 Å². The topological polar surface area (TPSA) is 9.23 Å². The number of hydrogen-bond acceptors (Lipinski definition) is 2. The van der Waals surface area contributed by atoms with Gasteiger partial charge in [0.25, 0.3) is 0 Å². The number of hydrogen-bond donors (Lipinski definition) is 0.